The number of ether oxygens (including phenoxy) is 2. The Kier molecular flexibility index (Phi) is 7.71. The lowest BCUT2D eigenvalue weighted by Gasteiger charge is -2.20. The van der Waals surface area contributed by atoms with E-state index in [9.17, 15) is 17.6 Å². The first-order valence-corrected chi connectivity index (χ1v) is 12.6. The summed E-state index contributed by atoms with van der Waals surface area (Å²) in [5.41, 5.74) is 2.57. The van der Waals surface area contributed by atoms with Crippen molar-refractivity contribution in [1.82, 2.24) is 4.98 Å². The summed E-state index contributed by atoms with van der Waals surface area (Å²) in [5.74, 6) is -1.42. The Bertz CT molecular complexity index is 1610. The molecule has 5 aromatic rings. The highest BCUT2D eigenvalue weighted by Gasteiger charge is 2.38. The van der Waals surface area contributed by atoms with Crippen LogP contribution in [0.1, 0.15) is 18.1 Å². The van der Waals surface area contributed by atoms with Gasteiger partial charge in [-0.15, -0.1) is 0 Å². The molecule has 1 aromatic heterocycles. The summed E-state index contributed by atoms with van der Waals surface area (Å²) in [6, 6.07) is 27.4. The van der Waals surface area contributed by atoms with Crippen molar-refractivity contribution in [3.8, 4) is 17.4 Å². The molecule has 4 nitrogen and oxygen atoms in total. The number of rotatable bonds is 7. The lowest BCUT2D eigenvalue weighted by atomic mass is 10.0. The quantitative estimate of drug-likeness (QED) is 0.146. The van der Waals surface area contributed by atoms with Crippen molar-refractivity contribution in [3.05, 3.63) is 125 Å². The summed E-state index contributed by atoms with van der Waals surface area (Å²) in [6.45, 7) is 0.895. The number of aromatic nitrogens is 1. The molecule has 4 aromatic carbocycles. The molecule has 1 atom stereocenters. The van der Waals surface area contributed by atoms with Crippen molar-refractivity contribution in [1.29, 1.82) is 0 Å². The molecule has 1 unspecified atom stereocenters. The van der Waals surface area contributed by atoms with E-state index in [4.69, 9.17) is 26.1 Å². The maximum absolute atomic E-state index is 14.5. The Hall–Kier alpha value is -4.43. The molecular weight excluding hydrogens is 544 g/mol. The first-order chi connectivity index (χ1) is 19.2. The summed E-state index contributed by atoms with van der Waals surface area (Å²) >= 11 is 6.12. The van der Waals surface area contributed by atoms with E-state index in [0.29, 0.717) is 16.8 Å². The van der Waals surface area contributed by atoms with Crippen LogP contribution in [0.4, 0.5) is 23.2 Å². The average molecular weight is 565 g/mol. The minimum absolute atomic E-state index is 0.0264. The Balaban J connectivity index is 1.71. The number of hydrogen-bond donors (Lipinski definition) is 0. The second kappa shape index (κ2) is 11.4. The zero-order chi connectivity index (χ0) is 28.3. The molecule has 1 heterocycles. The van der Waals surface area contributed by atoms with Crippen LogP contribution >= 0.6 is 11.6 Å². The van der Waals surface area contributed by atoms with Gasteiger partial charge in [0.15, 0.2) is 17.7 Å². The van der Waals surface area contributed by atoms with E-state index in [1.807, 2.05) is 60.7 Å². The number of alkyl halides is 3. The van der Waals surface area contributed by atoms with E-state index >= 15 is 0 Å². The molecule has 9 heteroatoms. The predicted molar refractivity (Wildman–Crippen MR) is 148 cm³/mol. The van der Waals surface area contributed by atoms with Crippen molar-refractivity contribution in [2.45, 2.75) is 19.2 Å². The number of hydrogen-bond acceptors (Lipinski definition) is 4. The molecule has 0 fully saturated rings. The van der Waals surface area contributed by atoms with Gasteiger partial charge in [-0.1, -0.05) is 78.3 Å². The van der Waals surface area contributed by atoms with Crippen molar-refractivity contribution in [3.63, 3.8) is 0 Å². The van der Waals surface area contributed by atoms with Crippen LogP contribution < -0.4 is 9.47 Å². The average Bonchev–Trinajstić information content (AvgIpc) is 2.94. The number of halogens is 5. The number of para-hydroxylation sites is 1. The van der Waals surface area contributed by atoms with Gasteiger partial charge < -0.3 is 9.47 Å². The van der Waals surface area contributed by atoms with E-state index in [-0.39, 0.29) is 27.8 Å². The van der Waals surface area contributed by atoms with Gasteiger partial charge in [0.1, 0.15) is 5.75 Å². The molecule has 0 amide bonds. The third-order valence-electron chi connectivity index (χ3n) is 5.99. The van der Waals surface area contributed by atoms with E-state index in [1.54, 1.807) is 12.1 Å². The number of aliphatic imine (C=N–C) groups is 1. The molecule has 0 N–H and O–H groups in total. The van der Waals surface area contributed by atoms with Gasteiger partial charge in [-0.3, -0.25) is 0 Å². The van der Waals surface area contributed by atoms with Gasteiger partial charge in [0.05, 0.1) is 21.8 Å². The topological polar surface area (TPSA) is 43.7 Å². The largest absolute Gasteiger partial charge is 0.480 e. The van der Waals surface area contributed by atoms with E-state index in [1.165, 1.54) is 24.4 Å². The fraction of sp³-hybridized carbons (Fsp3) is 0.0968. The highest BCUT2D eigenvalue weighted by atomic mass is 35.5. The highest BCUT2D eigenvalue weighted by molar-refractivity contribution is 6.32. The zero-order valence-electron chi connectivity index (χ0n) is 21.0. The molecule has 0 aliphatic carbocycles. The molecule has 0 saturated carbocycles. The van der Waals surface area contributed by atoms with Crippen molar-refractivity contribution < 1.29 is 27.0 Å². The SMILES string of the molecule is CC(Oc1cc(N=C(c2ccccc2)c2ccccc2)cc2ccnc(Oc3c(F)cccc3Cl)c12)C(F)(F)F. The lowest BCUT2D eigenvalue weighted by Crippen LogP contribution is -2.31. The smallest absolute Gasteiger partial charge is 0.425 e. The first-order valence-electron chi connectivity index (χ1n) is 12.2. The first kappa shape index (κ1) is 27.1. The van der Waals surface area contributed by atoms with Crippen LogP contribution in [0.15, 0.2) is 108 Å². The zero-order valence-corrected chi connectivity index (χ0v) is 21.7. The summed E-state index contributed by atoms with van der Waals surface area (Å²) < 4.78 is 66.4. The molecule has 0 aliphatic rings. The van der Waals surface area contributed by atoms with Gasteiger partial charge in [0.25, 0.3) is 0 Å². The molecule has 202 valence electrons. The van der Waals surface area contributed by atoms with Crippen molar-refractivity contribution in [2.24, 2.45) is 4.99 Å². The van der Waals surface area contributed by atoms with Gasteiger partial charge in [-0.05, 0) is 36.6 Å². The normalized spacial score (nSPS) is 12.2. The summed E-state index contributed by atoms with van der Waals surface area (Å²) in [4.78, 5) is 8.99. The molecule has 0 bridgehead atoms. The molecule has 40 heavy (non-hydrogen) atoms. The minimum Gasteiger partial charge on any atom is -0.480 e. The highest BCUT2D eigenvalue weighted by Crippen LogP contribution is 2.41. The molecule has 0 aliphatic heterocycles. The number of benzene rings is 4. The lowest BCUT2D eigenvalue weighted by molar-refractivity contribution is -0.189. The van der Waals surface area contributed by atoms with Gasteiger partial charge in [-0.2, -0.15) is 13.2 Å². The number of fused-ring (bicyclic) bond motifs is 1. The second-order valence-electron chi connectivity index (χ2n) is 8.81. The van der Waals surface area contributed by atoms with Gasteiger partial charge in [-0.25, -0.2) is 14.4 Å². The molecule has 0 spiro atoms. The molecule has 0 radical (unpaired) electrons. The van der Waals surface area contributed by atoms with E-state index in [0.717, 1.165) is 24.1 Å². The van der Waals surface area contributed by atoms with Crippen LogP contribution in [0.5, 0.6) is 17.4 Å². The number of nitrogens with zero attached hydrogens (tertiary/aromatic N) is 2. The molecular formula is C31H21ClF4N2O2. The van der Waals surface area contributed by atoms with Crippen LogP contribution in [-0.4, -0.2) is 23.0 Å². The van der Waals surface area contributed by atoms with Gasteiger partial charge >= 0.3 is 6.18 Å². The third kappa shape index (κ3) is 5.92. The Morgan fingerprint density at radius 1 is 0.875 bits per heavy atom. The third-order valence-corrected chi connectivity index (χ3v) is 6.29. The standard InChI is InChI=1S/C31H21ClF4N2O2/c1-19(31(34,35)36)39-26-18-23(38-28(20-9-4-2-5-10-20)21-11-6-3-7-12-21)17-22-15-16-37-30(27(22)26)40-29-24(32)13-8-14-25(29)33/h2-19H,1H3. The van der Waals surface area contributed by atoms with Gasteiger partial charge in [0, 0.05) is 23.4 Å². The van der Waals surface area contributed by atoms with Crippen molar-refractivity contribution in [2.75, 3.05) is 0 Å². The predicted octanol–water partition coefficient (Wildman–Crippen LogP) is 9.32. The second-order valence-corrected chi connectivity index (χ2v) is 9.21. The minimum atomic E-state index is -4.65. The fourth-order valence-corrected chi connectivity index (χ4v) is 4.22. The van der Waals surface area contributed by atoms with Crippen LogP contribution in [0.2, 0.25) is 5.02 Å². The van der Waals surface area contributed by atoms with Crippen molar-refractivity contribution >= 4 is 33.8 Å². The van der Waals surface area contributed by atoms with Crippen LogP contribution in [-0.2, 0) is 0 Å². The van der Waals surface area contributed by atoms with Crippen LogP contribution in [0.3, 0.4) is 0 Å². The summed E-state index contributed by atoms with van der Waals surface area (Å²) in [6.07, 6.45) is -5.42. The fourth-order valence-electron chi connectivity index (χ4n) is 4.02. The van der Waals surface area contributed by atoms with E-state index in [2.05, 4.69) is 4.98 Å². The Morgan fingerprint density at radius 3 is 2.12 bits per heavy atom. The monoisotopic (exact) mass is 564 g/mol. The van der Waals surface area contributed by atoms with E-state index < -0.39 is 18.1 Å². The number of pyridine rings is 1. The van der Waals surface area contributed by atoms with Crippen LogP contribution in [0.25, 0.3) is 10.8 Å². The molecule has 0 saturated heterocycles. The van der Waals surface area contributed by atoms with Crippen LogP contribution in [0, 0.1) is 5.82 Å². The maximum atomic E-state index is 14.5. The summed E-state index contributed by atoms with van der Waals surface area (Å²) in [5, 5.41) is 0.503. The maximum Gasteiger partial charge on any atom is 0.425 e. The Morgan fingerprint density at radius 2 is 1.52 bits per heavy atom. The Labute approximate surface area is 232 Å². The van der Waals surface area contributed by atoms with Gasteiger partial charge in [0.2, 0.25) is 5.88 Å². The summed E-state index contributed by atoms with van der Waals surface area (Å²) in [7, 11) is 0. The molecule has 5 rings (SSSR count).